The minimum Gasteiger partial charge on any atom is -0.426 e. The fourth-order valence-corrected chi connectivity index (χ4v) is 1.30. The first-order chi connectivity index (χ1) is 5.75. The van der Waals surface area contributed by atoms with Crippen LogP contribution in [0.4, 0.5) is 5.69 Å². The molecule has 0 amide bonds. The highest BCUT2D eigenvalue weighted by Crippen LogP contribution is 2.26. The molecule has 12 heavy (non-hydrogen) atoms. The lowest BCUT2D eigenvalue weighted by Crippen LogP contribution is -2.15. The van der Waals surface area contributed by atoms with E-state index in [0.29, 0.717) is 17.9 Å². The molecule has 1 aromatic rings. The summed E-state index contributed by atoms with van der Waals surface area (Å²) in [6.45, 7) is 0. The summed E-state index contributed by atoms with van der Waals surface area (Å²) in [5, 5.41) is 0. The van der Waals surface area contributed by atoms with E-state index in [1.807, 2.05) is 6.07 Å². The molecule has 1 aliphatic heterocycles. The average Bonchev–Trinajstić information content (AvgIpc) is 2.05. The number of fused-ring (bicyclic) bond motifs is 1. The third-order valence-corrected chi connectivity index (χ3v) is 1.91. The van der Waals surface area contributed by atoms with Crippen molar-refractivity contribution >= 4 is 11.7 Å². The minimum atomic E-state index is -0.160. The van der Waals surface area contributed by atoms with Crippen LogP contribution in [0.25, 0.3) is 0 Å². The standard InChI is InChI=1S/C9H9NO2/c10-7-2-3-8-6(5-7)1-4-9(11)12-8/h2-3,5H,1,4,10H2. The second kappa shape index (κ2) is 2.52. The van der Waals surface area contributed by atoms with Crippen LogP contribution in [0.3, 0.4) is 0 Å². The SMILES string of the molecule is Nc1ccc2c(c1)CCC(=O)O2. The van der Waals surface area contributed by atoms with Crippen LogP contribution in [0.1, 0.15) is 12.0 Å². The quantitative estimate of drug-likeness (QED) is 0.354. The molecule has 0 fully saturated rings. The number of carbonyl (C=O) groups is 1. The molecule has 1 aromatic carbocycles. The largest absolute Gasteiger partial charge is 0.426 e. The van der Waals surface area contributed by atoms with Gasteiger partial charge in [0.25, 0.3) is 0 Å². The first-order valence-corrected chi connectivity index (χ1v) is 3.85. The van der Waals surface area contributed by atoms with E-state index in [1.54, 1.807) is 12.1 Å². The van der Waals surface area contributed by atoms with Gasteiger partial charge < -0.3 is 10.5 Å². The number of esters is 1. The van der Waals surface area contributed by atoms with Gasteiger partial charge in [-0.05, 0) is 30.2 Å². The Morgan fingerprint density at radius 3 is 3.00 bits per heavy atom. The van der Waals surface area contributed by atoms with E-state index in [4.69, 9.17) is 10.5 Å². The van der Waals surface area contributed by atoms with Crippen LogP contribution in [0.15, 0.2) is 18.2 Å². The number of ether oxygens (including phenoxy) is 1. The molecule has 2 N–H and O–H groups in total. The molecule has 62 valence electrons. The van der Waals surface area contributed by atoms with Gasteiger partial charge in [-0.3, -0.25) is 4.79 Å². The van der Waals surface area contributed by atoms with E-state index in [-0.39, 0.29) is 5.97 Å². The Morgan fingerprint density at radius 1 is 1.33 bits per heavy atom. The maximum atomic E-state index is 10.9. The van der Waals surface area contributed by atoms with E-state index in [2.05, 4.69) is 0 Å². The average molecular weight is 163 g/mol. The second-order valence-corrected chi connectivity index (χ2v) is 2.84. The number of carbonyl (C=O) groups excluding carboxylic acids is 1. The van der Waals surface area contributed by atoms with Gasteiger partial charge in [-0.25, -0.2) is 0 Å². The first kappa shape index (κ1) is 7.16. The molecule has 1 aliphatic rings. The van der Waals surface area contributed by atoms with Crippen molar-refractivity contribution in [1.82, 2.24) is 0 Å². The van der Waals surface area contributed by atoms with Crippen molar-refractivity contribution in [2.45, 2.75) is 12.8 Å². The molecular formula is C9H9NO2. The van der Waals surface area contributed by atoms with E-state index >= 15 is 0 Å². The monoisotopic (exact) mass is 163 g/mol. The topological polar surface area (TPSA) is 52.3 Å². The lowest BCUT2D eigenvalue weighted by molar-refractivity contribution is -0.135. The lowest BCUT2D eigenvalue weighted by Gasteiger charge is -2.15. The van der Waals surface area contributed by atoms with Gasteiger partial charge in [0.05, 0.1) is 6.42 Å². The molecule has 3 nitrogen and oxygen atoms in total. The molecule has 0 aromatic heterocycles. The number of hydrogen-bond donors (Lipinski definition) is 1. The zero-order valence-corrected chi connectivity index (χ0v) is 6.54. The van der Waals surface area contributed by atoms with Crippen LogP contribution in [0, 0.1) is 0 Å². The normalized spacial score (nSPS) is 15.2. The molecule has 0 bridgehead atoms. The summed E-state index contributed by atoms with van der Waals surface area (Å²) in [7, 11) is 0. The number of aryl methyl sites for hydroxylation is 1. The number of nitrogens with two attached hydrogens (primary N) is 1. The second-order valence-electron chi connectivity index (χ2n) is 2.84. The summed E-state index contributed by atoms with van der Waals surface area (Å²) in [6, 6.07) is 5.32. The molecular weight excluding hydrogens is 154 g/mol. The van der Waals surface area contributed by atoms with Gasteiger partial charge in [-0.2, -0.15) is 0 Å². The maximum Gasteiger partial charge on any atom is 0.311 e. The van der Waals surface area contributed by atoms with Crippen LogP contribution in [-0.2, 0) is 11.2 Å². The van der Waals surface area contributed by atoms with Crippen LogP contribution >= 0.6 is 0 Å². The van der Waals surface area contributed by atoms with Gasteiger partial charge in [-0.15, -0.1) is 0 Å². The Hall–Kier alpha value is -1.51. The number of benzene rings is 1. The van der Waals surface area contributed by atoms with E-state index < -0.39 is 0 Å². The molecule has 2 rings (SSSR count). The maximum absolute atomic E-state index is 10.9. The number of rotatable bonds is 0. The van der Waals surface area contributed by atoms with Gasteiger partial charge >= 0.3 is 5.97 Å². The molecule has 0 atom stereocenters. The highest BCUT2D eigenvalue weighted by molar-refractivity contribution is 5.75. The summed E-state index contributed by atoms with van der Waals surface area (Å²) in [5.74, 6) is 0.493. The first-order valence-electron chi connectivity index (χ1n) is 3.85. The molecule has 1 heterocycles. The van der Waals surface area contributed by atoms with Crippen molar-refractivity contribution in [2.24, 2.45) is 0 Å². The predicted octanol–water partition coefficient (Wildman–Crippen LogP) is 1.12. The Morgan fingerprint density at radius 2 is 2.17 bits per heavy atom. The van der Waals surface area contributed by atoms with Gasteiger partial charge in [0.2, 0.25) is 0 Å². The highest BCUT2D eigenvalue weighted by Gasteiger charge is 2.16. The molecule has 0 saturated carbocycles. The van der Waals surface area contributed by atoms with Crippen LogP contribution in [0.2, 0.25) is 0 Å². The highest BCUT2D eigenvalue weighted by atomic mass is 16.5. The van der Waals surface area contributed by atoms with Crippen molar-refractivity contribution in [2.75, 3.05) is 5.73 Å². The molecule has 0 radical (unpaired) electrons. The Bertz CT molecular complexity index is 333. The molecule has 3 heteroatoms. The summed E-state index contributed by atoms with van der Waals surface area (Å²) >= 11 is 0. The van der Waals surface area contributed by atoms with Gasteiger partial charge in [0.1, 0.15) is 5.75 Å². The van der Waals surface area contributed by atoms with Crippen molar-refractivity contribution in [3.8, 4) is 5.75 Å². The Labute approximate surface area is 70.1 Å². The van der Waals surface area contributed by atoms with E-state index in [1.165, 1.54) is 0 Å². The smallest absolute Gasteiger partial charge is 0.311 e. The zero-order valence-electron chi connectivity index (χ0n) is 6.54. The van der Waals surface area contributed by atoms with Crippen molar-refractivity contribution < 1.29 is 9.53 Å². The minimum absolute atomic E-state index is 0.160. The number of nitrogen functional groups attached to an aromatic ring is 1. The number of anilines is 1. The van der Waals surface area contributed by atoms with Gasteiger partial charge in [0.15, 0.2) is 0 Å². The van der Waals surface area contributed by atoms with Crippen LogP contribution < -0.4 is 10.5 Å². The van der Waals surface area contributed by atoms with Crippen molar-refractivity contribution in [3.05, 3.63) is 23.8 Å². The lowest BCUT2D eigenvalue weighted by atomic mass is 10.1. The fraction of sp³-hybridized carbons (Fsp3) is 0.222. The van der Waals surface area contributed by atoms with E-state index in [0.717, 1.165) is 12.0 Å². The van der Waals surface area contributed by atoms with Gasteiger partial charge in [-0.1, -0.05) is 0 Å². The predicted molar refractivity (Wildman–Crippen MR) is 44.8 cm³/mol. The molecule has 0 unspecified atom stereocenters. The molecule has 0 saturated heterocycles. The number of hydrogen-bond acceptors (Lipinski definition) is 3. The molecule has 0 aliphatic carbocycles. The summed E-state index contributed by atoms with van der Waals surface area (Å²) < 4.78 is 4.99. The summed E-state index contributed by atoms with van der Waals surface area (Å²) in [5.41, 5.74) is 7.31. The third kappa shape index (κ3) is 1.13. The third-order valence-electron chi connectivity index (χ3n) is 1.91. The summed E-state index contributed by atoms with van der Waals surface area (Å²) in [4.78, 5) is 10.9. The van der Waals surface area contributed by atoms with Crippen LogP contribution in [0.5, 0.6) is 5.75 Å². The van der Waals surface area contributed by atoms with E-state index in [9.17, 15) is 4.79 Å². The van der Waals surface area contributed by atoms with Crippen molar-refractivity contribution in [3.63, 3.8) is 0 Å². The fourth-order valence-electron chi connectivity index (χ4n) is 1.30. The zero-order chi connectivity index (χ0) is 8.55. The van der Waals surface area contributed by atoms with Gasteiger partial charge in [0, 0.05) is 5.69 Å². The van der Waals surface area contributed by atoms with Crippen molar-refractivity contribution in [1.29, 1.82) is 0 Å². The Kier molecular flexibility index (Phi) is 1.50. The summed E-state index contributed by atoms with van der Waals surface area (Å²) in [6.07, 6.45) is 1.19. The Balaban J connectivity index is 2.43. The molecule has 0 spiro atoms. The van der Waals surface area contributed by atoms with Crippen LogP contribution in [-0.4, -0.2) is 5.97 Å².